The summed E-state index contributed by atoms with van der Waals surface area (Å²) in [6.45, 7) is 4.05. The van der Waals surface area contributed by atoms with E-state index in [2.05, 4.69) is 5.32 Å². The third kappa shape index (κ3) is 4.42. The average Bonchev–Trinajstić information content (AvgIpc) is 3.40. The lowest BCUT2D eigenvalue weighted by molar-refractivity contribution is -0.126. The molecule has 1 amide bonds. The second-order valence-corrected chi connectivity index (χ2v) is 11.0. The van der Waals surface area contributed by atoms with Crippen LogP contribution in [0.2, 0.25) is 4.34 Å². The zero-order chi connectivity index (χ0) is 21.3. The second-order valence-electron chi connectivity index (χ2n) is 7.08. The summed E-state index contributed by atoms with van der Waals surface area (Å²) in [5.74, 6) is 1.28. The summed E-state index contributed by atoms with van der Waals surface area (Å²) < 4.78 is 38.2. The Morgan fingerprint density at radius 3 is 2.60 bits per heavy atom. The molecule has 0 aliphatic carbocycles. The number of sulfonamides is 1. The van der Waals surface area contributed by atoms with E-state index in [9.17, 15) is 13.2 Å². The summed E-state index contributed by atoms with van der Waals surface area (Å²) in [5, 5.41) is 2.94. The lowest BCUT2D eigenvalue weighted by atomic mass is 10.2. The molecule has 1 unspecified atom stereocenters. The standard InChI is InChI=1S/C19H22ClN3O5S2/c1-13(19(24)21-11-14-2-3-15-16(10-14)28-12-27-15)22-6-8-23(9-7-22)30(25,26)18-5-4-17(20)29-18/h2-5,10,13H,6-9,11-12H2,1H3,(H,21,24). The van der Waals surface area contributed by atoms with E-state index in [1.54, 1.807) is 6.07 Å². The van der Waals surface area contributed by atoms with E-state index in [4.69, 9.17) is 21.1 Å². The highest BCUT2D eigenvalue weighted by atomic mass is 35.5. The normalized spacial score (nSPS) is 18.3. The number of carbonyl (C=O) groups is 1. The van der Waals surface area contributed by atoms with Gasteiger partial charge in [0, 0.05) is 32.7 Å². The van der Waals surface area contributed by atoms with E-state index in [1.807, 2.05) is 30.0 Å². The van der Waals surface area contributed by atoms with Crippen molar-refractivity contribution in [3.63, 3.8) is 0 Å². The number of nitrogens with one attached hydrogen (secondary N) is 1. The van der Waals surface area contributed by atoms with E-state index < -0.39 is 10.0 Å². The van der Waals surface area contributed by atoms with Crippen LogP contribution in [0.25, 0.3) is 0 Å². The first kappa shape index (κ1) is 21.4. The minimum Gasteiger partial charge on any atom is -0.454 e. The van der Waals surface area contributed by atoms with Crippen LogP contribution in [-0.2, 0) is 21.4 Å². The first-order chi connectivity index (χ1) is 14.3. The molecule has 1 aromatic heterocycles. The second kappa shape index (κ2) is 8.72. The fourth-order valence-electron chi connectivity index (χ4n) is 3.45. The predicted molar refractivity (Wildman–Crippen MR) is 114 cm³/mol. The van der Waals surface area contributed by atoms with Crippen LogP contribution in [0.5, 0.6) is 11.5 Å². The number of amides is 1. The van der Waals surface area contributed by atoms with E-state index in [1.165, 1.54) is 10.4 Å². The highest BCUT2D eigenvalue weighted by Crippen LogP contribution is 2.32. The number of nitrogens with zero attached hydrogens (tertiary/aromatic N) is 2. The van der Waals surface area contributed by atoms with Gasteiger partial charge in [0.15, 0.2) is 11.5 Å². The molecular formula is C19H22ClN3O5S2. The third-order valence-electron chi connectivity index (χ3n) is 5.25. The number of thiophene rings is 1. The molecule has 0 bridgehead atoms. The number of carbonyl (C=O) groups excluding carboxylic acids is 1. The van der Waals surface area contributed by atoms with Crippen LogP contribution in [-0.4, -0.2) is 62.5 Å². The van der Waals surface area contributed by atoms with Gasteiger partial charge in [-0.15, -0.1) is 11.3 Å². The number of piperazine rings is 1. The van der Waals surface area contributed by atoms with Gasteiger partial charge in [-0.1, -0.05) is 17.7 Å². The van der Waals surface area contributed by atoms with Gasteiger partial charge >= 0.3 is 0 Å². The Labute approximate surface area is 184 Å². The summed E-state index contributed by atoms with van der Waals surface area (Å²) in [5.41, 5.74) is 0.922. The first-order valence-corrected chi connectivity index (χ1v) is 12.1. The van der Waals surface area contributed by atoms with Crippen molar-refractivity contribution in [2.45, 2.75) is 23.7 Å². The molecule has 1 saturated heterocycles. The summed E-state index contributed by atoms with van der Waals surface area (Å²) in [4.78, 5) is 14.6. The van der Waals surface area contributed by atoms with Crippen LogP contribution in [0.1, 0.15) is 12.5 Å². The lowest BCUT2D eigenvalue weighted by Gasteiger charge is -2.36. The van der Waals surface area contributed by atoms with Crippen LogP contribution >= 0.6 is 22.9 Å². The van der Waals surface area contributed by atoms with E-state index in [0.29, 0.717) is 48.6 Å². The molecule has 0 spiro atoms. The molecule has 1 fully saturated rings. The Balaban J connectivity index is 1.29. The number of benzene rings is 1. The summed E-state index contributed by atoms with van der Waals surface area (Å²) >= 11 is 6.93. The van der Waals surface area contributed by atoms with Gasteiger partial charge in [-0.05, 0) is 36.8 Å². The minimum absolute atomic E-state index is 0.103. The average molecular weight is 472 g/mol. The molecule has 0 saturated carbocycles. The maximum absolute atomic E-state index is 12.7. The van der Waals surface area contributed by atoms with E-state index in [0.717, 1.165) is 16.9 Å². The van der Waals surface area contributed by atoms with Crippen molar-refractivity contribution in [3.05, 3.63) is 40.2 Å². The molecule has 0 radical (unpaired) electrons. The smallest absolute Gasteiger partial charge is 0.252 e. The van der Waals surface area contributed by atoms with Crippen molar-refractivity contribution in [2.24, 2.45) is 0 Å². The molecule has 8 nitrogen and oxygen atoms in total. The number of hydrogen-bond donors (Lipinski definition) is 1. The number of fused-ring (bicyclic) bond motifs is 1. The van der Waals surface area contributed by atoms with Crippen molar-refractivity contribution in [2.75, 3.05) is 33.0 Å². The van der Waals surface area contributed by atoms with Gasteiger partial charge in [0.2, 0.25) is 12.7 Å². The van der Waals surface area contributed by atoms with Crippen LogP contribution in [0.3, 0.4) is 0 Å². The maximum Gasteiger partial charge on any atom is 0.252 e. The number of ether oxygens (including phenoxy) is 2. The van der Waals surface area contributed by atoms with Gasteiger partial charge in [0.1, 0.15) is 4.21 Å². The third-order valence-corrected chi connectivity index (χ3v) is 8.84. The van der Waals surface area contributed by atoms with Crippen LogP contribution in [0, 0.1) is 0 Å². The Hall–Kier alpha value is -1.85. The molecule has 2 aliphatic heterocycles. The van der Waals surface area contributed by atoms with Gasteiger partial charge in [-0.2, -0.15) is 4.31 Å². The van der Waals surface area contributed by atoms with Gasteiger partial charge in [0.25, 0.3) is 10.0 Å². The Morgan fingerprint density at radius 2 is 1.90 bits per heavy atom. The molecule has 3 heterocycles. The zero-order valence-corrected chi connectivity index (χ0v) is 18.7. The summed E-state index contributed by atoms with van der Waals surface area (Å²) in [6, 6.07) is 8.32. The molecule has 1 N–H and O–H groups in total. The topological polar surface area (TPSA) is 88.2 Å². The zero-order valence-electron chi connectivity index (χ0n) is 16.3. The Kier molecular flexibility index (Phi) is 6.21. The fourth-order valence-corrected chi connectivity index (χ4v) is 6.51. The highest BCUT2D eigenvalue weighted by Gasteiger charge is 2.32. The van der Waals surface area contributed by atoms with Crippen molar-refractivity contribution in [1.82, 2.24) is 14.5 Å². The van der Waals surface area contributed by atoms with Gasteiger partial charge in [0.05, 0.1) is 10.4 Å². The Morgan fingerprint density at radius 1 is 1.17 bits per heavy atom. The van der Waals surface area contributed by atoms with Gasteiger partial charge in [-0.25, -0.2) is 8.42 Å². The number of rotatable bonds is 6. The molecule has 30 heavy (non-hydrogen) atoms. The molecule has 1 atom stereocenters. The quantitative estimate of drug-likeness (QED) is 0.694. The SMILES string of the molecule is CC(C(=O)NCc1ccc2c(c1)OCO2)N1CCN(S(=O)(=O)c2ccc(Cl)s2)CC1. The monoisotopic (exact) mass is 471 g/mol. The van der Waals surface area contributed by atoms with Gasteiger partial charge < -0.3 is 14.8 Å². The molecule has 11 heteroatoms. The van der Waals surface area contributed by atoms with Gasteiger partial charge in [-0.3, -0.25) is 9.69 Å². The fraction of sp³-hybridized carbons (Fsp3) is 0.421. The predicted octanol–water partition coefficient (Wildman–Crippen LogP) is 2.14. The molecule has 2 aromatic rings. The summed E-state index contributed by atoms with van der Waals surface area (Å²) in [7, 11) is -3.54. The number of halogens is 1. The minimum atomic E-state index is -3.54. The Bertz CT molecular complexity index is 1030. The van der Waals surface area contributed by atoms with Crippen LogP contribution in [0.4, 0.5) is 0 Å². The highest BCUT2D eigenvalue weighted by molar-refractivity contribution is 7.91. The van der Waals surface area contributed by atoms with E-state index >= 15 is 0 Å². The molecular weight excluding hydrogens is 450 g/mol. The molecule has 1 aromatic carbocycles. The van der Waals surface area contributed by atoms with Crippen molar-refractivity contribution < 1.29 is 22.7 Å². The lowest BCUT2D eigenvalue weighted by Crippen LogP contribution is -2.54. The van der Waals surface area contributed by atoms with E-state index in [-0.39, 0.29) is 23.0 Å². The summed E-state index contributed by atoms with van der Waals surface area (Å²) in [6.07, 6.45) is 0. The van der Waals surface area contributed by atoms with Crippen LogP contribution in [0.15, 0.2) is 34.5 Å². The molecule has 2 aliphatic rings. The van der Waals surface area contributed by atoms with Crippen molar-refractivity contribution in [3.8, 4) is 11.5 Å². The molecule has 4 rings (SSSR count). The van der Waals surface area contributed by atoms with Crippen LogP contribution < -0.4 is 14.8 Å². The largest absolute Gasteiger partial charge is 0.454 e. The maximum atomic E-state index is 12.7. The first-order valence-electron chi connectivity index (χ1n) is 9.50. The van der Waals surface area contributed by atoms with Crippen molar-refractivity contribution in [1.29, 1.82) is 0 Å². The van der Waals surface area contributed by atoms with Crippen molar-refractivity contribution >= 4 is 38.9 Å². The number of hydrogen-bond acceptors (Lipinski definition) is 7. The molecule has 162 valence electrons.